The fourth-order valence-electron chi connectivity index (χ4n) is 3.86. The van der Waals surface area contributed by atoms with Crippen molar-refractivity contribution in [3.63, 3.8) is 0 Å². The fraction of sp³-hybridized carbons (Fsp3) is 0.360. The first-order valence-electron chi connectivity index (χ1n) is 11.2. The van der Waals surface area contributed by atoms with Gasteiger partial charge in [-0.2, -0.15) is 0 Å². The number of anilines is 1. The molecule has 33 heavy (non-hydrogen) atoms. The van der Waals surface area contributed by atoms with Crippen molar-refractivity contribution in [1.82, 2.24) is 14.9 Å². The first-order valence-corrected chi connectivity index (χ1v) is 12.1. The quantitative estimate of drug-likeness (QED) is 0.563. The van der Waals surface area contributed by atoms with Crippen molar-refractivity contribution >= 4 is 29.0 Å². The van der Waals surface area contributed by atoms with Crippen molar-refractivity contribution in [3.8, 4) is 16.3 Å². The van der Waals surface area contributed by atoms with Crippen LogP contribution >= 0.6 is 11.3 Å². The molecule has 0 aliphatic carbocycles. The van der Waals surface area contributed by atoms with Crippen LogP contribution in [0.25, 0.3) is 10.6 Å². The van der Waals surface area contributed by atoms with Crippen molar-refractivity contribution in [2.45, 2.75) is 33.1 Å². The van der Waals surface area contributed by atoms with Crippen molar-refractivity contribution < 1.29 is 14.3 Å². The molecule has 1 N–H and O–H groups in total. The van der Waals surface area contributed by atoms with Crippen LogP contribution in [0.4, 0.5) is 5.82 Å². The van der Waals surface area contributed by atoms with Crippen LogP contribution in [0.1, 0.15) is 31.0 Å². The molecule has 0 saturated carbocycles. The van der Waals surface area contributed by atoms with Crippen molar-refractivity contribution in [1.29, 1.82) is 0 Å². The van der Waals surface area contributed by atoms with E-state index in [1.54, 1.807) is 12.3 Å². The van der Waals surface area contributed by atoms with E-state index in [1.807, 2.05) is 54.5 Å². The van der Waals surface area contributed by atoms with Gasteiger partial charge in [-0.15, -0.1) is 11.3 Å². The molecule has 1 aromatic carbocycles. The number of rotatable bonds is 7. The number of nitrogens with one attached hydrogen (secondary N) is 1. The number of piperidine rings is 1. The summed E-state index contributed by atoms with van der Waals surface area (Å²) in [5.74, 6) is 1.26. The molecule has 1 aliphatic heterocycles. The zero-order valence-corrected chi connectivity index (χ0v) is 19.7. The van der Waals surface area contributed by atoms with Gasteiger partial charge in [0.15, 0.2) is 0 Å². The number of para-hydroxylation sites is 1. The van der Waals surface area contributed by atoms with Crippen LogP contribution in [0, 0.1) is 12.8 Å². The predicted molar refractivity (Wildman–Crippen MR) is 129 cm³/mol. The van der Waals surface area contributed by atoms with E-state index in [1.165, 1.54) is 11.3 Å². The summed E-state index contributed by atoms with van der Waals surface area (Å²) >= 11 is 1.52. The maximum absolute atomic E-state index is 12.8. The van der Waals surface area contributed by atoms with E-state index in [-0.39, 0.29) is 24.2 Å². The number of amides is 2. The standard InChI is InChI=1S/C25H28N4O3S/c1-3-32-21-7-5-4-6-20(21)25-27-19(16-33-25)14-23(30)29-12-10-18(11-13-29)24(31)28-22-9-8-17(2)15-26-22/h4-9,15-16,18H,3,10-14H2,1-2H3,(H,26,28,31). The van der Waals surface area contributed by atoms with Crippen LogP contribution < -0.4 is 10.1 Å². The van der Waals surface area contributed by atoms with Crippen molar-refractivity contribution in [2.75, 3.05) is 25.0 Å². The zero-order valence-electron chi connectivity index (χ0n) is 18.9. The van der Waals surface area contributed by atoms with Gasteiger partial charge in [-0.3, -0.25) is 9.59 Å². The number of likely N-dealkylation sites (tertiary alicyclic amines) is 1. The van der Waals surface area contributed by atoms with Gasteiger partial charge in [0.1, 0.15) is 16.6 Å². The van der Waals surface area contributed by atoms with Crippen molar-refractivity contribution in [2.24, 2.45) is 5.92 Å². The normalized spacial score (nSPS) is 14.2. The van der Waals surface area contributed by atoms with E-state index in [2.05, 4.69) is 15.3 Å². The second kappa shape index (κ2) is 10.6. The largest absolute Gasteiger partial charge is 0.493 e. The molecular weight excluding hydrogens is 436 g/mol. The minimum Gasteiger partial charge on any atom is -0.493 e. The third-order valence-corrected chi connectivity index (χ3v) is 6.61. The number of benzene rings is 1. The Hall–Kier alpha value is -3.26. The van der Waals surface area contributed by atoms with Crippen LogP contribution in [-0.4, -0.2) is 46.4 Å². The minimum absolute atomic E-state index is 0.0319. The highest BCUT2D eigenvalue weighted by atomic mass is 32.1. The number of nitrogens with zero attached hydrogens (tertiary/aromatic N) is 3. The van der Waals surface area contributed by atoms with Crippen LogP contribution in [0.2, 0.25) is 0 Å². The lowest BCUT2D eigenvalue weighted by molar-refractivity contribution is -0.133. The highest BCUT2D eigenvalue weighted by molar-refractivity contribution is 7.13. The molecule has 0 unspecified atom stereocenters. The lowest BCUT2D eigenvalue weighted by Gasteiger charge is -2.31. The van der Waals surface area contributed by atoms with Gasteiger partial charge in [-0.25, -0.2) is 9.97 Å². The predicted octanol–water partition coefficient (Wildman–Crippen LogP) is 4.33. The summed E-state index contributed by atoms with van der Waals surface area (Å²) in [5, 5.41) is 5.67. The number of carbonyl (C=O) groups is 2. The lowest BCUT2D eigenvalue weighted by atomic mass is 9.95. The molecule has 1 saturated heterocycles. The van der Waals surface area contributed by atoms with Crippen LogP contribution in [0.3, 0.4) is 0 Å². The van der Waals surface area contributed by atoms with Gasteiger partial charge < -0.3 is 15.0 Å². The van der Waals surface area contributed by atoms with E-state index >= 15 is 0 Å². The molecule has 0 radical (unpaired) electrons. The number of aromatic nitrogens is 2. The lowest BCUT2D eigenvalue weighted by Crippen LogP contribution is -2.42. The second-order valence-electron chi connectivity index (χ2n) is 8.12. The molecule has 3 aromatic rings. The monoisotopic (exact) mass is 464 g/mol. The number of pyridine rings is 1. The number of ether oxygens (including phenoxy) is 1. The molecule has 7 nitrogen and oxygen atoms in total. The summed E-state index contributed by atoms with van der Waals surface area (Å²) in [6.07, 6.45) is 3.29. The maximum Gasteiger partial charge on any atom is 0.228 e. The van der Waals surface area contributed by atoms with Crippen LogP contribution in [-0.2, 0) is 16.0 Å². The Morgan fingerprint density at radius 2 is 1.97 bits per heavy atom. The number of hydrogen-bond acceptors (Lipinski definition) is 6. The zero-order chi connectivity index (χ0) is 23.2. The van der Waals surface area contributed by atoms with Gasteiger partial charge in [-0.1, -0.05) is 18.2 Å². The fourth-order valence-corrected chi connectivity index (χ4v) is 4.71. The Labute approximate surface area is 197 Å². The Balaban J connectivity index is 1.30. The van der Waals surface area contributed by atoms with Crippen molar-refractivity contribution in [3.05, 3.63) is 59.2 Å². The molecule has 1 aliphatic rings. The molecule has 0 bridgehead atoms. The average Bonchev–Trinajstić information content (AvgIpc) is 3.29. The van der Waals surface area contributed by atoms with E-state index in [4.69, 9.17) is 4.74 Å². The highest BCUT2D eigenvalue weighted by Crippen LogP contribution is 2.32. The number of thiazole rings is 1. The molecule has 4 rings (SSSR count). The van der Waals surface area contributed by atoms with E-state index in [9.17, 15) is 9.59 Å². The van der Waals surface area contributed by atoms with Gasteiger partial charge in [-0.05, 0) is 50.5 Å². The highest BCUT2D eigenvalue weighted by Gasteiger charge is 2.28. The molecule has 1 fully saturated rings. The summed E-state index contributed by atoms with van der Waals surface area (Å²) in [6, 6.07) is 11.5. The summed E-state index contributed by atoms with van der Waals surface area (Å²) < 4.78 is 5.70. The topological polar surface area (TPSA) is 84.4 Å². The van der Waals surface area contributed by atoms with Crippen LogP contribution in [0.5, 0.6) is 5.75 Å². The van der Waals surface area contributed by atoms with Gasteiger partial charge >= 0.3 is 0 Å². The van der Waals surface area contributed by atoms with Gasteiger partial charge in [0.2, 0.25) is 11.8 Å². The Kier molecular flexibility index (Phi) is 7.34. The molecule has 8 heteroatoms. The van der Waals surface area contributed by atoms with Gasteiger partial charge in [0, 0.05) is 30.6 Å². The van der Waals surface area contributed by atoms with E-state index in [0.717, 1.165) is 27.6 Å². The summed E-state index contributed by atoms with van der Waals surface area (Å²) in [5.41, 5.74) is 2.75. The molecule has 2 amide bonds. The third-order valence-electron chi connectivity index (χ3n) is 5.68. The smallest absolute Gasteiger partial charge is 0.228 e. The molecule has 3 heterocycles. The Morgan fingerprint density at radius 1 is 1.18 bits per heavy atom. The number of hydrogen-bond donors (Lipinski definition) is 1. The molecule has 2 aromatic heterocycles. The summed E-state index contributed by atoms with van der Waals surface area (Å²) in [7, 11) is 0. The van der Waals surface area contributed by atoms with Gasteiger partial charge in [0.05, 0.1) is 24.3 Å². The Bertz CT molecular complexity index is 1100. The second-order valence-corrected chi connectivity index (χ2v) is 8.97. The van der Waals surface area contributed by atoms with Gasteiger partial charge in [0.25, 0.3) is 0 Å². The molecular formula is C25H28N4O3S. The summed E-state index contributed by atoms with van der Waals surface area (Å²) in [6.45, 7) is 5.64. The molecule has 0 spiro atoms. The average molecular weight is 465 g/mol. The maximum atomic E-state index is 12.8. The number of aryl methyl sites for hydroxylation is 1. The SMILES string of the molecule is CCOc1ccccc1-c1nc(CC(=O)N2CCC(C(=O)Nc3ccc(C)cn3)CC2)cs1. The summed E-state index contributed by atoms with van der Waals surface area (Å²) in [4.78, 5) is 36.1. The van der Waals surface area contributed by atoms with E-state index in [0.29, 0.717) is 38.4 Å². The van der Waals surface area contributed by atoms with Crippen LogP contribution in [0.15, 0.2) is 48.0 Å². The number of carbonyl (C=O) groups excluding carboxylic acids is 2. The Morgan fingerprint density at radius 3 is 2.70 bits per heavy atom. The molecule has 0 atom stereocenters. The first-order chi connectivity index (χ1) is 16.0. The third kappa shape index (κ3) is 5.76. The first kappa shape index (κ1) is 22.9. The minimum atomic E-state index is -0.113. The molecule has 172 valence electrons. The van der Waals surface area contributed by atoms with E-state index < -0.39 is 0 Å².